The number of hydrogen-bond donors (Lipinski definition) is 2. The van der Waals surface area contributed by atoms with Crippen molar-refractivity contribution in [2.45, 2.75) is 52.5 Å². The summed E-state index contributed by atoms with van der Waals surface area (Å²) in [4.78, 5) is 12.2. The summed E-state index contributed by atoms with van der Waals surface area (Å²) in [6.07, 6.45) is 4.22. The molecule has 0 saturated heterocycles. The Bertz CT molecular complexity index is 415. The standard InChI is InChI=1S/C17H28N2O/c1-13(2)6-4-7-14(3)19-17(20)16-9-5-8-15(12-16)10-11-18/h5,8-9,12-14H,4,6-7,10-11,18H2,1-3H3,(H,19,20). The fourth-order valence-electron chi connectivity index (χ4n) is 2.25. The third kappa shape index (κ3) is 6.20. The van der Waals surface area contributed by atoms with Gasteiger partial charge in [0, 0.05) is 11.6 Å². The van der Waals surface area contributed by atoms with Crippen LogP contribution in [-0.2, 0) is 6.42 Å². The van der Waals surface area contributed by atoms with E-state index in [9.17, 15) is 4.79 Å². The summed E-state index contributed by atoms with van der Waals surface area (Å²) in [5.41, 5.74) is 7.39. The zero-order valence-electron chi connectivity index (χ0n) is 13.0. The van der Waals surface area contributed by atoms with Gasteiger partial charge in [-0.05, 0) is 49.9 Å². The number of amides is 1. The van der Waals surface area contributed by atoms with Crippen LogP contribution >= 0.6 is 0 Å². The topological polar surface area (TPSA) is 55.1 Å². The number of carbonyl (C=O) groups excluding carboxylic acids is 1. The molecule has 0 fully saturated rings. The number of nitrogens with two attached hydrogens (primary N) is 1. The lowest BCUT2D eigenvalue weighted by atomic mass is 10.0. The van der Waals surface area contributed by atoms with Crippen molar-refractivity contribution in [2.75, 3.05) is 6.54 Å². The van der Waals surface area contributed by atoms with Gasteiger partial charge in [-0.1, -0.05) is 38.8 Å². The van der Waals surface area contributed by atoms with Crippen LogP contribution < -0.4 is 11.1 Å². The molecular formula is C17H28N2O. The Morgan fingerprint density at radius 3 is 2.65 bits per heavy atom. The SMILES string of the molecule is CC(C)CCCC(C)NC(=O)c1cccc(CCN)c1. The molecule has 0 saturated carbocycles. The molecule has 1 unspecified atom stereocenters. The van der Waals surface area contributed by atoms with Gasteiger partial charge in [0.05, 0.1) is 0 Å². The zero-order chi connectivity index (χ0) is 15.0. The van der Waals surface area contributed by atoms with Crippen LogP contribution in [0.5, 0.6) is 0 Å². The number of hydrogen-bond acceptors (Lipinski definition) is 2. The Hall–Kier alpha value is -1.35. The molecule has 0 aliphatic carbocycles. The van der Waals surface area contributed by atoms with E-state index in [1.165, 1.54) is 6.42 Å². The van der Waals surface area contributed by atoms with Crippen LogP contribution in [0.2, 0.25) is 0 Å². The Labute approximate surface area is 122 Å². The Morgan fingerprint density at radius 2 is 2.00 bits per heavy atom. The first-order valence-corrected chi connectivity index (χ1v) is 7.62. The average Bonchev–Trinajstić information content (AvgIpc) is 2.39. The van der Waals surface area contributed by atoms with Crippen LogP contribution in [0.3, 0.4) is 0 Å². The molecular weight excluding hydrogens is 248 g/mol. The van der Waals surface area contributed by atoms with Crippen LogP contribution in [0.4, 0.5) is 0 Å². The first-order chi connectivity index (χ1) is 9.52. The maximum atomic E-state index is 12.2. The van der Waals surface area contributed by atoms with Crippen molar-refractivity contribution in [2.24, 2.45) is 11.7 Å². The van der Waals surface area contributed by atoms with E-state index in [0.717, 1.165) is 36.3 Å². The van der Waals surface area contributed by atoms with Crippen LogP contribution in [-0.4, -0.2) is 18.5 Å². The molecule has 0 radical (unpaired) electrons. The number of carbonyl (C=O) groups is 1. The Kier molecular flexibility index (Phi) is 7.31. The summed E-state index contributed by atoms with van der Waals surface area (Å²) >= 11 is 0. The molecule has 3 nitrogen and oxygen atoms in total. The molecule has 112 valence electrons. The summed E-state index contributed by atoms with van der Waals surface area (Å²) < 4.78 is 0. The lowest BCUT2D eigenvalue weighted by Gasteiger charge is -2.15. The molecule has 1 aromatic carbocycles. The van der Waals surface area contributed by atoms with Crippen molar-refractivity contribution >= 4 is 5.91 Å². The van der Waals surface area contributed by atoms with Gasteiger partial charge in [-0.25, -0.2) is 0 Å². The molecule has 20 heavy (non-hydrogen) atoms. The zero-order valence-corrected chi connectivity index (χ0v) is 13.0. The molecule has 0 bridgehead atoms. The molecule has 0 spiro atoms. The average molecular weight is 276 g/mol. The van der Waals surface area contributed by atoms with E-state index in [-0.39, 0.29) is 11.9 Å². The molecule has 3 N–H and O–H groups in total. The monoisotopic (exact) mass is 276 g/mol. The van der Waals surface area contributed by atoms with E-state index < -0.39 is 0 Å². The van der Waals surface area contributed by atoms with E-state index in [2.05, 4.69) is 26.1 Å². The van der Waals surface area contributed by atoms with E-state index >= 15 is 0 Å². The normalized spacial score (nSPS) is 12.4. The maximum absolute atomic E-state index is 12.2. The van der Waals surface area contributed by atoms with Crippen LogP contribution in [0.1, 0.15) is 56.0 Å². The molecule has 1 aromatic rings. The summed E-state index contributed by atoms with van der Waals surface area (Å²) in [6, 6.07) is 7.94. The van der Waals surface area contributed by atoms with Crippen molar-refractivity contribution < 1.29 is 4.79 Å². The van der Waals surface area contributed by atoms with Gasteiger partial charge < -0.3 is 11.1 Å². The summed E-state index contributed by atoms with van der Waals surface area (Å²) in [5.74, 6) is 0.742. The Morgan fingerprint density at radius 1 is 1.25 bits per heavy atom. The van der Waals surface area contributed by atoms with Gasteiger partial charge in [0.2, 0.25) is 0 Å². The number of rotatable bonds is 8. The van der Waals surface area contributed by atoms with Crippen molar-refractivity contribution in [3.8, 4) is 0 Å². The minimum absolute atomic E-state index is 0.0147. The highest BCUT2D eigenvalue weighted by Crippen LogP contribution is 2.10. The predicted molar refractivity (Wildman–Crippen MR) is 84.8 cm³/mol. The predicted octanol–water partition coefficient (Wildman–Crippen LogP) is 3.13. The quantitative estimate of drug-likeness (QED) is 0.766. The largest absolute Gasteiger partial charge is 0.350 e. The lowest BCUT2D eigenvalue weighted by Crippen LogP contribution is -2.32. The van der Waals surface area contributed by atoms with Crippen molar-refractivity contribution in [1.29, 1.82) is 0 Å². The minimum atomic E-state index is 0.0147. The molecule has 1 rings (SSSR count). The molecule has 0 aromatic heterocycles. The molecule has 3 heteroatoms. The summed E-state index contributed by atoms with van der Waals surface area (Å²) in [6.45, 7) is 7.14. The lowest BCUT2D eigenvalue weighted by molar-refractivity contribution is 0.0937. The van der Waals surface area contributed by atoms with Crippen molar-refractivity contribution in [3.05, 3.63) is 35.4 Å². The van der Waals surface area contributed by atoms with E-state index in [0.29, 0.717) is 6.54 Å². The third-order valence-corrected chi connectivity index (χ3v) is 3.42. The molecule has 0 aliphatic rings. The smallest absolute Gasteiger partial charge is 0.251 e. The van der Waals surface area contributed by atoms with Gasteiger partial charge >= 0.3 is 0 Å². The highest BCUT2D eigenvalue weighted by molar-refractivity contribution is 5.94. The number of nitrogens with one attached hydrogen (secondary N) is 1. The van der Waals surface area contributed by atoms with Crippen LogP contribution in [0.15, 0.2) is 24.3 Å². The first-order valence-electron chi connectivity index (χ1n) is 7.62. The fraction of sp³-hybridized carbons (Fsp3) is 0.588. The van der Waals surface area contributed by atoms with E-state index in [4.69, 9.17) is 5.73 Å². The van der Waals surface area contributed by atoms with Gasteiger partial charge in [0.15, 0.2) is 0 Å². The first kappa shape index (κ1) is 16.7. The second-order valence-corrected chi connectivity index (χ2v) is 5.94. The van der Waals surface area contributed by atoms with Crippen LogP contribution in [0, 0.1) is 5.92 Å². The highest BCUT2D eigenvalue weighted by Gasteiger charge is 2.10. The fourth-order valence-corrected chi connectivity index (χ4v) is 2.25. The minimum Gasteiger partial charge on any atom is -0.350 e. The summed E-state index contributed by atoms with van der Waals surface area (Å²) in [5, 5.41) is 3.07. The van der Waals surface area contributed by atoms with Crippen LogP contribution in [0.25, 0.3) is 0 Å². The molecule has 1 atom stereocenters. The van der Waals surface area contributed by atoms with E-state index in [1.54, 1.807) is 0 Å². The van der Waals surface area contributed by atoms with Gasteiger partial charge in [0.25, 0.3) is 5.91 Å². The van der Waals surface area contributed by atoms with Gasteiger partial charge in [-0.3, -0.25) is 4.79 Å². The third-order valence-electron chi connectivity index (χ3n) is 3.42. The second kappa shape index (κ2) is 8.75. The molecule has 0 aliphatic heterocycles. The van der Waals surface area contributed by atoms with Gasteiger partial charge in [0.1, 0.15) is 0 Å². The van der Waals surface area contributed by atoms with E-state index in [1.807, 2.05) is 24.3 Å². The highest BCUT2D eigenvalue weighted by atomic mass is 16.1. The Balaban J connectivity index is 2.47. The molecule has 1 amide bonds. The summed E-state index contributed by atoms with van der Waals surface area (Å²) in [7, 11) is 0. The second-order valence-electron chi connectivity index (χ2n) is 5.94. The van der Waals surface area contributed by atoms with Crippen molar-refractivity contribution in [1.82, 2.24) is 5.32 Å². The van der Waals surface area contributed by atoms with Gasteiger partial charge in [-0.2, -0.15) is 0 Å². The maximum Gasteiger partial charge on any atom is 0.251 e. The van der Waals surface area contributed by atoms with Gasteiger partial charge in [-0.15, -0.1) is 0 Å². The number of benzene rings is 1. The van der Waals surface area contributed by atoms with Crippen molar-refractivity contribution in [3.63, 3.8) is 0 Å². The molecule has 0 heterocycles.